The fourth-order valence-corrected chi connectivity index (χ4v) is 6.36. The maximum atomic E-state index is 5.55. The average molecular weight is 461 g/mol. The SMILES string of the molecule is CCCCCCCCCCCCCCCCCCC[N+](C)(C)CC[Si](OC)(OC)OC. The van der Waals surface area contributed by atoms with E-state index in [4.69, 9.17) is 13.3 Å². The molecule has 0 saturated carbocycles. The molecule has 0 radical (unpaired) electrons. The number of quaternary nitrogens is 1. The molecule has 0 spiro atoms. The molecule has 0 saturated heterocycles. The van der Waals surface area contributed by atoms with E-state index < -0.39 is 8.80 Å². The highest BCUT2D eigenvalue weighted by atomic mass is 28.4. The van der Waals surface area contributed by atoms with Gasteiger partial charge >= 0.3 is 8.80 Å². The van der Waals surface area contributed by atoms with Crippen LogP contribution in [0.2, 0.25) is 6.04 Å². The van der Waals surface area contributed by atoms with Crippen molar-refractivity contribution in [1.82, 2.24) is 0 Å². The van der Waals surface area contributed by atoms with Crippen LogP contribution in [0.25, 0.3) is 0 Å². The summed E-state index contributed by atoms with van der Waals surface area (Å²) in [4.78, 5) is 0. The van der Waals surface area contributed by atoms with Crippen LogP contribution in [0.1, 0.15) is 116 Å². The number of nitrogens with zero attached hydrogens (tertiary/aromatic N) is 1. The zero-order valence-electron chi connectivity index (χ0n) is 22.3. The smallest absolute Gasteiger partial charge is 0.377 e. The molecule has 0 fully saturated rings. The molecule has 0 bridgehead atoms. The standard InChI is InChI=1S/C26H58NO3Si/c1-7-8-9-10-11-12-13-14-15-16-17-18-19-20-21-22-23-24-27(2,3)25-26-31(28-4,29-5)30-6/h7-26H2,1-6H3/q+1. The second-order valence-corrected chi connectivity index (χ2v) is 13.2. The highest BCUT2D eigenvalue weighted by molar-refractivity contribution is 6.60. The molecule has 4 nitrogen and oxygen atoms in total. The molecular weight excluding hydrogens is 402 g/mol. The predicted octanol–water partition coefficient (Wildman–Crippen LogP) is 7.59. The van der Waals surface area contributed by atoms with Crippen LogP contribution in [0.5, 0.6) is 0 Å². The van der Waals surface area contributed by atoms with Gasteiger partial charge in [0.25, 0.3) is 0 Å². The van der Waals surface area contributed by atoms with E-state index in [0.717, 1.165) is 17.1 Å². The van der Waals surface area contributed by atoms with E-state index in [1.807, 2.05) is 0 Å². The molecule has 0 N–H and O–H groups in total. The quantitative estimate of drug-likeness (QED) is 0.0843. The molecule has 0 aromatic carbocycles. The van der Waals surface area contributed by atoms with Gasteiger partial charge < -0.3 is 17.8 Å². The van der Waals surface area contributed by atoms with Gasteiger partial charge in [0.15, 0.2) is 0 Å². The van der Waals surface area contributed by atoms with Crippen LogP contribution in [0.3, 0.4) is 0 Å². The third-order valence-corrected chi connectivity index (χ3v) is 9.53. The summed E-state index contributed by atoms with van der Waals surface area (Å²) in [6.07, 6.45) is 24.3. The fourth-order valence-electron chi connectivity index (χ4n) is 4.37. The summed E-state index contributed by atoms with van der Waals surface area (Å²) >= 11 is 0. The molecule has 188 valence electrons. The van der Waals surface area contributed by atoms with E-state index in [0.29, 0.717) is 0 Å². The highest BCUT2D eigenvalue weighted by Crippen LogP contribution is 2.17. The normalized spacial score (nSPS) is 12.6. The third kappa shape index (κ3) is 18.2. The van der Waals surface area contributed by atoms with Crippen LogP contribution in [0.15, 0.2) is 0 Å². The van der Waals surface area contributed by atoms with Gasteiger partial charge in [-0.05, 0) is 12.8 Å². The van der Waals surface area contributed by atoms with Gasteiger partial charge in [0.1, 0.15) is 0 Å². The van der Waals surface area contributed by atoms with Crippen molar-refractivity contribution in [2.75, 3.05) is 48.5 Å². The zero-order chi connectivity index (χ0) is 23.3. The summed E-state index contributed by atoms with van der Waals surface area (Å²) in [7, 11) is 7.30. The van der Waals surface area contributed by atoms with Crippen LogP contribution in [0.4, 0.5) is 0 Å². The lowest BCUT2D eigenvalue weighted by atomic mass is 10.0. The van der Waals surface area contributed by atoms with Crippen LogP contribution in [-0.4, -0.2) is 61.8 Å². The minimum absolute atomic E-state index is 0.877. The Morgan fingerprint density at radius 1 is 0.484 bits per heavy atom. The predicted molar refractivity (Wildman–Crippen MR) is 138 cm³/mol. The first kappa shape index (κ1) is 31.1. The molecule has 0 aliphatic heterocycles. The Kier molecular flexibility index (Phi) is 20.7. The Bertz CT molecular complexity index is 367. The van der Waals surface area contributed by atoms with Gasteiger partial charge in [-0.1, -0.05) is 103 Å². The first-order valence-electron chi connectivity index (χ1n) is 13.4. The van der Waals surface area contributed by atoms with E-state index in [1.54, 1.807) is 21.3 Å². The molecule has 0 heterocycles. The number of hydrogen-bond acceptors (Lipinski definition) is 3. The van der Waals surface area contributed by atoms with Crippen LogP contribution in [0, 0.1) is 0 Å². The maximum Gasteiger partial charge on any atom is 0.505 e. The average Bonchev–Trinajstić information content (AvgIpc) is 2.77. The Morgan fingerprint density at radius 2 is 0.806 bits per heavy atom. The molecule has 0 aliphatic carbocycles. The van der Waals surface area contributed by atoms with Crippen molar-refractivity contribution in [1.29, 1.82) is 0 Å². The van der Waals surface area contributed by atoms with Crippen molar-refractivity contribution in [3.8, 4) is 0 Å². The van der Waals surface area contributed by atoms with Crippen LogP contribution < -0.4 is 0 Å². The molecule has 31 heavy (non-hydrogen) atoms. The van der Waals surface area contributed by atoms with E-state index in [-0.39, 0.29) is 0 Å². The Balaban J connectivity index is 3.45. The summed E-state index contributed by atoms with van der Waals surface area (Å²) < 4.78 is 17.7. The zero-order valence-corrected chi connectivity index (χ0v) is 23.3. The van der Waals surface area contributed by atoms with Crippen molar-refractivity contribution >= 4 is 8.80 Å². The van der Waals surface area contributed by atoms with E-state index >= 15 is 0 Å². The number of hydrogen-bond donors (Lipinski definition) is 0. The highest BCUT2D eigenvalue weighted by Gasteiger charge is 2.39. The van der Waals surface area contributed by atoms with E-state index in [1.165, 1.54) is 116 Å². The molecule has 0 aromatic rings. The minimum Gasteiger partial charge on any atom is -0.377 e. The Morgan fingerprint density at radius 3 is 1.13 bits per heavy atom. The monoisotopic (exact) mass is 460 g/mol. The molecule has 0 atom stereocenters. The Hall–Kier alpha value is 0.0569. The van der Waals surface area contributed by atoms with Crippen LogP contribution >= 0.6 is 0 Å². The minimum atomic E-state index is -2.44. The summed E-state index contributed by atoms with van der Waals surface area (Å²) in [6, 6.07) is 0.877. The first-order chi connectivity index (χ1) is 14.9. The van der Waals surface area contributed by atoms with Gasteiger partial charge in [-0.25, -0.2) is 0 Å². The van der Waals surface area contributed by atoms with Crippen LogP contribution in [-0.2, 0) is 13.3 Å². The largest absolute Gasteiger partial charge is 0.505 e. The van der Waals surface area contributed by atoms with Gasteiger partial charge in [0.2, 0.25) is 0 Å². The fraction of sp³-hybridized carbons (Fsp3) is 1.00. The van der Waals surface area contributed by atoms with Crippen molar-refractivity contribution in [2.45, 2.75) is 122 Å². The number of rotatable bonds is 24. The van der Waals surface area contributed by atoms with E-state index in [2.05, 4.69) is 21.0 Å². The van der Waals surface area contributed by atoms with Gasteiger partial charge in [-0.2, -0.15) is 0 Å². The van der Waals surface area contributed by atoms with Gasteiger partial charge in [0, 0.05) is 21.3 Å². The Labute approximate surface area is 197 Å². The molecule has 5 heteroatoms. The van der Waals surface area contributed by atoms with Crippen molar-refractivity contribution in [3.63, 3.8) is 0 Å². The van der Waals surface area contributed by atoms with Gasteiger partial charge in [-0.15, -0.1) is 0 Å². The summed E-state index contributed by atoms with van der Waals surface area (Å²) in [5.74, 6) is 0. The summed E-state index contributed by atoms with van der Waals surface area (Å²) in [5.41, 5.74) is 0. The molecule has 0 aromatic heterocycles. The maximum absolute atomic E-state index is 5.55. The lowest BCUT2D eigenvalue weighted by molar-refractivity contribution is -0.888. The van der Waals surface area contributed by atoms with Gasteiger partial charge in [-0.3, -0.25) is 0 Å². The van der Waals surface area contributed by atoms with Gasteiger partial charge in [0.05, 0.1) is 33.2 Å². The number of unbranched alkanes of at least 4 members (excludes halogenated alkanes) is 16. The van der Waals surface area contributed by atoms with Crippen molar-refractivity contribution in [2.24, 2.45) is 0 Å². The summed E-state index contributed by atoms with van der Waals surface area (Å²) in [5, 5.41) is 0. The van der Waals surface area contributed by atoms with Crippen molar-refractivity contribution < 1.29 is 17.8 Å². The molecule has 0 amide bonds. The second kappa shape index (κ2) is 20.6. The third-order valence-electron chi connectivity index (χ3n) is 6.82. The second-order valence-electron chi connectivity index (χ2n) is 10.1. The van der Waals surface area contributed by atoms with E-state index in [9.17, 15) is 0 Å². The lowest BCUT2D eigenvalue weighted by Crippen LogP contribution is -2.49. The lowest BCUT2D eigenvalue weighted by Gasteiger charge is -2.33. The van der Waals surface area contributed by atoms with Crippen molar-refractivity contribution in [3.05, 3.63) is 0 Å². The topological polar surface area (TPSA) is 27.7 Å². The molecular formula is C26H58NO3Si+. The first-order valence-corrected chi connectivity index (χ1v) is 15.4. The molecule has 0 unspecified atom stereocenters. The molecule has 0 aliphatic rings. The molecule has 0 rings (SSSR count). The summed E-state index contributed by atoms with van der Waals surface area (Å²) in [6.45, 7) is 4.56.